The van der Waals surface area contributed by atoms with E-state index in [0.29, 0.717) is 26.3 Å². The lowest BCUT2D eigenvalue weighted by Gasteiger charge is -2.23. The average Bonchev–Trinajstić information content (AvgIpc) is 3.02. The van der Waals surface area contributed by atoms with Crippen molar-refractivity contribution in [2.75, 3.05) is 17.1 Å². The second-order valence-corrected chi connectivity index (χ2v) is 10.9. The number of aryl methyl sites for hydroxylation is 1. The number of anilines is 1. The standard InChI is InChI=1S/C23H23Cl3N4O3S/c1-14-10-17(16(3)30(14)22-11-18(24)8-9-20(22)26)12-27-28-23(31)13-29(34(4,32)33)21-7-5-6-19(25)15(21)2/h5-12H,13H2,1-4H3,(H,28,31)/b27-12-. The first-order valence-corrected chi connectivity index (χ1v) is 13.1. The number of aromatic nitrogens is 1. The van der Waals surface area contributed by atoms with E-state index in [2.05, 4.69) is 10.5 Å². The van der Waals surface area contributed by atoms with Crippen LogP contribution in [0.2, 0.25) is 15.1 Å². The zero-order valence-corrected chi connectivity index (χ0v) is 22.0. The predicted molar refractivity (Wildman–Crippen MR) is 139 cm³/mol. The second-order valence-electron chi connectivity index (χ2n) is 7.70. The summed E-state index contributed by atoms with van der Waals surface area (Å²) in [4.78, 5) is 12.5. The second kappa shape index (κ2) is 10.4. The van der Waals surface area contributed by atoms with Crippen LogP contribution in [0.4, 0.5) is 5.69 Å². The number of benzene rings is 2. The van der Waals surface area contributed by atoms with Gasteiger partial charge in [-0.25, -0.2) is 13.8 Å². The molecule has 1 heterocycles. The van der Waals surface area contributed by atoms with E-state index in [0.717, 1.165) is 33.2 Å². The first-order valence-electron chi connectivity index (χ1n) is 10.1. The minimum absolute atomic E-state index is 0.330. The number of carbonyl (C=O) groups is 1. The summed E-state index contributed by atoms with van der Waals surface area (Å²) in [6, 6.07) is 12.0. The van der Waals surface area contributed by atoms with E-state index in [4.69, 9.17) is 34.8 Å². The number of nitrogens with one attached hydrogen (secondary N) is 1. The maximum absolute atomic E-state index is 12.5. The van der Waals surface area contributed by atoms with E-state index >= 15 is 0 Å². The Hall–Kier alpha value is -2.52. The molecule has 0 saturated heterocycles. The lowest BCUT2D eigenvalue weighted by atomic mass is 10.2. The molecule has 0 atom stereocenters. The molecule has 34 heavy (non-hydrogen) atoms. The van der Waals surface area contributed by atoms with Crippen molar-refractivity contribution in [1.29, 1.82) is 0 Å². The molecular weight excluding hydrogens is 519 g/mol. The predicted octanol–water partition coefficient (Wildman–Crippen LogP) is 5.28. The van der Waals surface area contributed by atoms with Gasteiger partial charge in [-0.2, -0.15) is 5.10 Å². The van der Waals surface area contributed by atoms with Crippen molar-refractivity contribution < 1.29 is 13.2 Å². The molecule has 0 fully saturated rings. The molecule has 7 nitrogen and oxygen atoms in total. The van der Waals surface area contributed by atoms with Crippen LogP contribution in [0.25, 0.3) is 5.69 Å². The topological polar surface area (TPSA) is 83.8 Å². The van der Waals surface area contributed by atoms with Crippen molar-refractivity contribution in [3.63, 3.8) is 0 Å². The number of carbonyl (C=O) groups excluding carboxylic acids is 1. The van der Waals surface area contributed by atoms with Crippen LogP contribution in [0.5, 0.6) is 0 Å². The molecule has 2 aromatic carbocycles. The van der Waals surface area contributed by atoms with Gasteiger partial charge in [0.1, 0.15) is 6.54 Å². The Morgan fingerprint density at radius 2 is 1.79 bits per heavy atom. The number of sulfonamides is 1. The van der Waals surface area contributed by atoms with E-state index in [9.17, 15) is 13.2 Å². The number of hydrogen-bond acceptors (Lipinski definition) is 4. The summed E-state index contributed by atoms with van der Waals surface area (Å²) in [7, 11) is -3.74. The van der Waals surface area contributed by atoms with Crippen LogP contribution in [-0.2, 0) is 14.8 Å². The quantitative estimate of drug-likeness (QED) is 0.326. The smallest absolute Gasteiger partial charge is 0.260 e. The van der Waals surface area contributed by atoms with Gasteiger partial charge in [-0.3, -0.25) is 9.10 Å². The van der Waals surface area contributed by atoms with E-state index < -0.39 is 22.5 Å². The third kappa shape index (κ3) is 5.75. The normalized spacial score (nSPS) is 11.7. The lowest BCUT2D eigenvalue weighted by Crippen LogP contribution is -2.39. The van der Waals surface area contributed by atoms with Gasteiger partial charge in [-0.15, -0.1) is 0 Å². The fraction of sp³-hybridized carbons (Fsp3) is 0.217. The molecule has 0 aliphatic heterocycles. The molecule has 0 saturated carbocycles. The maximum atomic E-state index is 12.5. The molecule has 1 amide bonds. The monoisotopic (exact) mass is 540 g/mol. The highest BCUT2D eigenvalue weighted by atomic mass is 35.5. The largest absolute Gasteiger partial charge is 0.316 e. The fourth-order valence-electron chi connectivity index (χ4n) is 3.53. The Labute approximate surface area is 214 Å². The van der Waals surface area contributed by atoms with Gasteiger partial charge >= 0.3 is 0 Å². The van der Waals surface area contributed by atoms with Crippen molar-refractivity contribution in [2.24, 2.45) is 5.10 Å². The molecular formula is C23H23Cl3N4O3S. The van der Waals surface area contributed by atoms with Crippen LogP contribution < -0.4 is 9.73 Å². The van der Waals surface area contributed by atoms with Crippen molar-refractivity contribution in [3.05, 3.63) is 80.0 Å². The van der Waals surface area contributed by atoms with Crippen LogP contribution in [-0.4, -0.2) is 37.9 Å². The van der Waals surface area contributed by atoms with Crippen LogP contribution in [0, 0.1) is 20.8 Å². The van der Waals surface area contributed by atoms with Gasteiger partial charge in [-0.05, 0) is 62.7 Å². The summed E-state index contributed by atoms with van der Waals surface area (Å²) < 4.78 is 27.6. The summed E-state index contributed by atoms with van der Waals surface area (Å²) in [5, 5.41) is 5.51. The Balaban J connectivity index is 1.79. The first-order chi connectivity index (χ1) is 15.9. The number of halogens is 3. The summed E-state index contributed by atoms with van der Waals surface area (Å²) in [6.07, 6.45) is 2.52. The molecule has 0 aliphatic rings. The van der Waals surface area contributed by atoms with E-state index in [1.54, 1.807) is 43.3 Å². The van der Waals surface area contributed by atoms with Crippen molar-refractivity contribution >= 4 is 62.6 Å². The number of rotatable bonds is 7. The minimum atomic E-state index is -3.74. The molecule has 3 rings (SSSR count). The van der Waals surface area contributed by atoms with Crippen LogP contribution >= 0.6 is 34.8 Å². The first kappa shape index (κ1) is 26.1. The maximum Gasteiger partial charge on any atom is 0.260 e. The van der Waals surface area contributed by atoms with Crippen LogP contribution in [0.1, 0.15) is 22.5 Å². The van der Waals surface area contributed by atoms with Gasteiger partial charge in [0.2, 0.25) is 10.0 Å². The SMILES string of the molecule is Cc1c(Cl)cccc1N(CC(=O)N/N=C\c1cc(C)n(-c2cc(Cl)ccc2Cl)c1C)S(C)(=O)=O. The Bertz CT molecular complexity index is 1380. The van der Waals surface area contributed by atoms with E-state index in [1.165, 1.54) is 6.21 Å². The molecule has 3 aromatic rings. The van der Waals surface area contributed by atoms with Crippen LogP contribution in [0.3, 0.4) is 0 Å². The molecule has 0 radical (unpaired) electrons. The van der Waals surface area contributed by atoms with Gasteiger partial charge in [0.25, 0.3) is 5.91 Å². The van der Waals surface area contributed by atoms with Gasteiger partial charge in [0.15, 0.2) is 0 Å². The van der Waals surface area contributed by atoms with E-state index in [1.807, 2.05) is 24.5 Å². The van der Waals surface area contributed by atoms with Crippen molar-refractivity contribution in [3.8, 4) is 5.69 Å². The fourth-order valence-corrected chi connectivity index (χ4v) is 4.98. The minimum Gasteiger partial charge on any atom is -0.316 e. The third-order valence-electron chi connectivity index (χ3n) is 5.21. The average molecular weight is 542 g/mol. The summed E-state index contributed by atoms with van der Waals surface area (Å²) in [6.45, 7) is 5.04. The van der Waals surface area contributed by atoms with Gasteiger partial charge in [0, 0.05) is 27.0 Å². The molecule has 1 N–H and O–H groups in total. The van der Waals surface area contributed by atoms with Gasteiger partial charge in [-0.1, -0.05) is 40.9 Å². The highest BCUT2D eigenvalue weighted by Crippen LogP contribution is 2.29. The zero-order chi connectivity index (χ0) is 25.2. The van der Waals surface area contributed by atoms with Gasteiger partial charge < -0.3 is 4.57 Å². The van der Waals surface area contributed by atoms with Gasteiger partial charge in [0.05, 0.1) is 28.9 Å². The molecule has 0 spiro atoms. The molecule has 0 bridgehead atoms. The molecule has 0 aliphatic carbocycles. The van der Waals surface area contributed by atoms with Crippen molar-refractivity contribution in [1.82, 2.24) is 9.99 Å². The Kier molecular flexibility index (Phi) is 7.98. The summed E-state index contributed by atoms with van der Waals surface area (Å²) >= 11 is 18.6. The van der Waals surface area contributed by atoms with Crippen molar-refractivity contribution in [2.45, 2.75) is 20.8 Å². The Morgan fingerprint density at radius 1 is 1.09 bits per heavy atom. The highest BCUT2D eigenvalue weighted by Gasteiger charge is 2.23. The molecule has 11 heteroatoms. The molecule has 0 unspecified atom stereocenters. The third-order valence-corrected chi connectivity index (χ3v) is 7.30. The number of hydrazone groups is 1. The Morgan fingerprint density at radius 3 is 2.47 bits per heavy atom. The zero-order valence-electron chi connectivity index (χ0n) is 18.9. The number of amides is 1. The molecule has 180 valence electrons. The number of nitrogens with zero attached hydrogens (tertiary/aromatic N) is 3. The molecule has 1 aromatic heterocycles. The lowest BCUT2D eigenvalue weighted by molar-refractivity contribution is -0.119. The summed E-state index contributed by atoms with van der Waals surface area (Å²) in [5.74, 6) is -0.604. The number of hydrogen-bond donors (Lipinski definition) is 1. The highest BCUT2D eigenvalue weighted by molar-refractivity contribution is 7.92. The van der Waals surface area contributed by atoms with E-state index in [-0.39, 0.29) is 0 Å². The summed E-state index contributed by atoms with van der Waals surface area (Å²) in [5.41, 5.74) is 6.49. The van der Waals surface area contributed by atoms with Crippen LogP contribution in [0.15, 0.2) is 47.6 Å².